The second kappa shape index (κ2) is 8.22. The molecule has 0 bridgehead atoms. The summed E-state index contributed by atoms with van der Waals surface area (Å²) in [5.41, 5.74) is 3.10. The Kier molecular flexibility index (Phi) is 5.54. The molecule has 1 unspecified atom stereocenters. The maximum Gasteiger partial charge on any atom is 0.158 e. The van der Waals surface area contributed by atoms with Crippen LogP contribution in [0.2, 0.25) is 0 Å². The van der Waals surface area contributed by atoms with Gasteiger partial charge in [-0.3, -0.25) is 4.98 Å². The Balaban J connectivity index is 1.31. The number of nitrogens with one attached hydrogen (secondary N) is 1. The molecule has 2 aromatic carbocycles. The lowest BCUT2D eigenvalue weighted by Crippen LogP contribution is -2.16. The number of hydrogen-bond donors (Lipinski definition) is 1. The van der Waals surface area contributed by atoms with E-state index in [1.54, 1.807) is 12.1 Å². The zero-order valence-corrected chi connectivity index (χ0v) is 16.2. The Morgan fingerprint density at radius 2 is 1.78 bits per heavy atom. The van der Waals surface area contributed by atoms with Gasteiger partial charge in [-0.25, -0.2) is 4.39 Å². The smallest absolute Gasteiger partial charge is 0.158 e. The molecule has 0 saturated heterocycles. The van der Waals surface area contributed by atoms with Crippen LogP contribution in [0.4, 0.5) is 10.1 Å². The van der Waals surface area contributed by atoms with E-state index in [4.69, 9.17) is 0 Å². The highest BCUT2D eigenvalue weighted by atomic mass is 31.1. The summed E-state index contributed by atoms with van der Waals surface area (Å²) in [6.07, 6.45) is 7.17. The van der Waals surface area contributed by atoms with Crippen molar-refractivity contribution in [3.63, 3.8) is 0 Å². The molecule has 3 aromatic rings. The van der Waals surface area contributed by atoms with E-state index in [0.29, 0.717) is 18.0 Å². The van der Waals surface area contributed by atoms with Gasteiger partial charge in [0.05, 0.1) is 5.52 Å². The summed E-state index contributed by atoms with van der Waals surface area (Å²) in [4.78, 5) is 4.60. The van der Waals surface area contributed by atoms with Gasteiger partial charge in [0.25, 0.3) is 0 Å². The molecule has 1 aliphatic carbocycles. The monoisotopic (exact) mass is 382 g/mol. The van der Waals surface area contributed by atoms with Gasteiger partial charge in [-0.05, 0) is 79.5 Å². The summed E-state index contributed by atoms with van der Waals surface area (Å²) < 4.78 is 25.4. The molecular weight excluding hydrogens is 358 g/mol. The maximum atomic E-state index is 13.0. The summed E-state index contributed by atoms with van der Waals surface area (Å²) in [5, 5.41) is 4.25. The molecule has 0 aliphatic heterocycles. The first-order valence-electron chi connectivity index (χ1n) is 9.57. The minimum Gasteiger partial charge on any atom is -0.338 e. The van der Waals surface area contributed by atoms with Crippen molar-refractivity contribution in [2.75, 3.05) is 11.2 Å². The fraction of sp³-hybridized carbons (Fsp3) is 0.318. The minimum absolute atomic E-state index is 0.276. The molecule has 0 spiro atoms. The van der Waals surface area contributed by atoms with Crippen LogP contribution in [-0.4, -0.2) is 11.1 Å². The molecule has 0 amide bonds. The predicted octanol–water partition coefficient (Wildman–Crippen LogP) is 6.23. The summed E-state index contributed by atoms with van der Waals surface area (Å²) in [6.45, 7) is 0. The average Bonchev–Trinajstić information content (AvgIpc) is 2.70. The Morgan fingerprint density at radius 1 is 1.04 bits per heavy atom. The number of hydrogen-bond acceptors (Lipinski definition) is 2. The normalized spacial score (nSPS) is 21.1. The van der Waals surface area contributed by atoms with Gasteiger partial charge >= 0.3 is 0 Å². The van der Waals surface area contributed by atoms with E-state index in [0.717, 1.165) is 36.9 Å². The van der Waals surface area contributed by atoms with E-state index in [9.17, 15) is 8.96 Å². The zero-order chi connectivity index (χ0) is 18.6. The number of anilines is 1. The average molecular weight is 382 g/mol. The molecule has 1 atom stereocenters. The Labute approximate surface area is 159 Å². The van der Waals surface area contributed by atoms with E-state index >= 15 is 0 Å². The van der Waals surface area contributed by atoms with Crippen LogP contribution in [0.5, 0.6) is 0 Å². The Bertz CT molecular complexity index is 936. The van der Waals surface area contributed by atoms with Gasteiger partial charge in [0.1, 0.15) is 5.82 Å². The molecule has 140 valence electrons. The van der Waals surface area contributed by atoms with Crippen molar-refractivity contribution in [1.82, 2.24) is 4.98 Å². The van der Waals surface area contributed by atoms with Crippen molar-refractivity contribution in [3.8, 4) is 0 Å². The summed E-state index contributed by atoms with van der Waals surface area (Å²) >= 11 is 0. The van der Waals surface area contributed by atoms with E-state index in [1.165, 1.54) is 23.1 Å². The Morgan fingerprint density at radius 3 is 2.56 bits per heavy atom. The number of aromatic nitrogens is 1. The molecule has 4 rings (SSSR count). The first-order valence-corrected chi connectivity index (χ1v) is 11.2. The van der Waals surface area contributed by atoms with Crippen LogP contribution >= 0.6 is 7.95 Å². The van der Waals surface area contributed by atoms with Crippen LogP contribution in [0.3, 0.4) is 0 Å². The first kappa shape index (κ1) is 18.2. The maximum absolute atomic E-state index is 13.0. The largest absolute Gasteiger partial charge is 0.338 e. The fourth-order valence-corrected chi connectivity index (χ4v) is 5.54. The van der Waals surface area contributed by atoms with Crippen molar-refractivity contribution in [3.05, 3.63) is 72.2 Å². The second-order valence-electron chi connectivity index (χ2n) is 7.44. The van der Waals surface area contributed by atoms with Gasteiger partial charge in [-0.15, -0.1) is 0 Å². The van der Waals surface area contributed by atoms with Crippen LogP contribution in [-0.2, 0) is 4.57 Å². The molecule has 1 aliphatic rings. The van der Waals surface area contributed by atoms with E-state index < -0.39 is 7.95 Å². The van der Waals surface area contributed by atoms with Gasteiger partial charge in [-0.2, -0.15) is 0 Å². The molecule has 1 aromatic heterocycles. The highest BCUT2D eigenvalue weighted by Crippen LogP contribution is 2.39. The first-order chi connectivity index (χ1) is 13.2. The molecule has 5 heteroatoms. The number of rotatable bonds is 5. The van der Waals surface area contributed by atoms with Crippen LogP contribution in [0, 0.1) is 11.7 Å². The third-order valence-electron chi connectivity index (χ3n) is 5.53. The third kappa shape index (κ3) is 4.56. The van der Waals surface area contributed by atoms with Gasteiger partial charge in [0, 0.05) is 23.4 Å². The van der Waals surface area contributed by atoms with Crippen LogP contribution in [0.1, 0.15) is 37.2 Å². The highest BCUT2D eigenvalue weighted by molar-refractivity contribution is 7.46. The zero-order valence-electron chi connectivity index (χ0n) is 15.2. The number of benzene rings is 2. The molecule has 1 N–H and O–H groups in total. The topological polar surface area (TPSA) is 42.0 Å². The van der Waals surface area contributed by atoms with Crippen molar-refractivity contribution < 1.29 is 8.96 Å². The molecular formula is C22H24FN2OP. The summed E-state index contributed by atoms with van der Waals surface area (Å²) in [6, 6.07) is 16.6. The Hall–Kier alpha value is -2.19. The van der Waals surface area contributed by atoms with Crippen molar-refractivity contribution in [2.24, 2.45) is 5.92 Å². The molecule has 1 fully saturated rings. The summed E-state index contributed by atoms with van der Waals surface area (Å²) in [7, 11) is -1.90. The number of nitrogens with zero attached hydrogens (tertiary/aromatic N) is 1. The molecule has 1 heterocycles. The lowest BCUT2D eigenvalue weighted by atomic mass is 9.79. The highest BCUT2D eigenvalue weighted by Gasteiger charge is 2.24. The van der Waals surface area contributed by atoms with Crippen molar-refractivity contribution in [1.29, 1.82) is 0 Å². The number of halogens is 1. The van der Waals surface area contributed by atoms with Crippen molar-refractivity contribution in [2.45, 2.75) is 31.6 Å². The molecule has 1 saturated carbocycles. The summed E-state index contributed by atoms with van der Waals surface area (Å²) in [5.74, 6) is 0.765. The van der Waals surface area contributed by atoms with E-state index in [1.807, 2.05) is 18.3 Å². The lowest BCUT2D eigenvalue weighted by Gasteiger charge is -2.28. The van der Waals surface area contributed by atoms with Crippen LogP contribution < -0.4 is 5.09 Å². The van der Waals surface area contributed by atoms with Gasteiger partial charge in [0.2, 0.25) is 0 Å². The van der Waals surface area contributed by atoms with Gasteiger partial charge in [0.15, 0.2) is 7.95 Å². The minimum atomic E-state index is -1.90. The standard InChI is InChI=1S/C22H24FN2OP/c23-20-9-11-21(12-10-20)25-27(26)15-16-5-7-17(8-6-16)19-13-18-3-1-2-4-22(18)24-14-19/h1-4,9-14,16-17,27H,5-8,15H2,(H,25,26). The SMILES string of the molecule is O=[PH](CC1CCC(c2cnc3ccccc3c2)CC1)Nc1ccc(F)cc1. The lowest BCUT2D eigenvalue weighted by molar-refractivity contribution is 0.349. The third-order valence-corrected chi connectivity index (χ3v) is 7.05. The quantitative estimate of drug-likeness (QED) is 0.532. The predicted molar refractivity (Wildman–Crippen MR) is 110 cm³/mol. The number of fused-ring (bicyclic) bond motifs is 1. The van der Waals surface area contributed by atoms with E-state index in [2.05, 4.69) is 28.3 Å². The fourth-order valence-electron chi connectivity index (χ4n) is 4.02. The van der Waals surface area contributed by atoms with Crippen molar-refractivity contribution >= 4 is 24.5 Å². The van der Waals surface area contributed by atoms with E-state index in [-0.39, 0.29) is 5.82 Å². The number of pyridine rings is 1. The molecule has 3 nitrogen and oxygen atoms in total. The van der Waals surface area contributed by atoms with Crippen LogP contribution in [0.15, 0.2) is 60.8 Å². The van der Waals surface area contributed by atoms with Crippen LogP contribution in [0.25, 0.3) is 10.9 Å². The molecule has 0 radical (unpaired) electrons. The second-order valence-corrected chi connectivity index (χ2v) is 8.94. The number of para-hydroxylation sites is 1. The molecule has 27 heavy (non-hydrogen) atoms. The van der Waals surface area contributed by atoms with Gasteiger partial charge in [-0.1, -0.05) is 18.2 Å². The van der Waals surface area contributed by atoms with Gasteiger partial charge < -0.3 is 9.65 Å².